The second-order valence-corrected chi connectivity index (χ2v) is 7.99. The zero-order valence-corrected chi connectivity index (χ0v) is 18.9. The Bertz CT molecular complexity index is 1260. The van der Waals surface area contributed by atoms with E-state index in [2.05, 4.69) is 15.1 Å². The van der Waals surface area contributed by atoms with Crippen LogP contribution in [0.3, 0.4) is 0 Å². The Morgan fingerprint density at radius 2 is 1.82 bits per heavy atom. The second kappa shape index (κ2) is 9.20. The van der Waals surface area contributed by atoms with Crippen LogP contribution >= 0.6 is 0 Å². The van der Waals surface area contributed by atoms with Gasteiger partial charge in [-0.05, 0) is 43.5 Å². The number of nitrogens with two attached hydrogens (primary N) is 1. The standard InChI is InChI=1S/C25H26N6O2/c1-16-19(17(2)31-25(29-16)20(15-28-31)24(26)33)12-13-22(32)30(3)23(18-9-5-4-6-10-18)21-11-7-8-14-27-21/h4-11,14-15,23H,12-13H2,1-3H3,(H2,26,33). The fourth-order valence-electron chi connectivity index (χ4n) is 4.16. The normalized spacial score (nSPS) is 12.0. The molecular weight excluding hydrogens is 416 g/mol. The van der Waals surface area contributed by atoms with Crippen molar-refractivity contribution < 1.29 is 9.59 Å². The lowest BCUT2D eigenvalue weighted by Crippen LogP contribution is -2.32. The number of benzene rings is 1. The van der Waals surface area contributed by atoms with Gasteiger partial charge in [0.25, 0.3) is 5.91 Å². The van der Waals surface area contributed by atoms with Crippen LogP contribution in [-0.4, -0.2) is 43.3 Å². The predicted molar refractivity (Wildman–Crippen MR) is 125 cm³/mol. The molecule has 0 saturated carbocycles. The summed E-state index contributed by atoms with van der Waals surface area (Å²) in [6.07, 6.45) is 3.96. The van der Waals surface area contributed by atoms with Gasteiger partial charge in [-0.3, -0.25) is 14.6 Å². The average molecular weight is 443 g/mol. The fraction of sp³-hybridized carbons (Fsp3) is 0.240. The van der Waals surface area contributed by atoms with E-state index in [1.54, 1.807) is 15.6 Å². The number of carbonyl (C=O) groups excluding carboxylic acids is 2. The molecule has 8 nitrogen and oxygen atoms in total. The molecule has 0 aliphatic carbocycles. The van der Waals surface area contributed by atoms with Crippen LogP contribution in [0.5, 0.6) is 0 Å². The summed E-state index contributed by atoms with van der Waals surface area (Å²) in [5.74, 6) is -0.575. The number of primary amides is 1. The van der Waals surface area contributed by atoms with Crippen LogP contribution < -0.4 is 5.73 Å². The van der Waals surface area contributed by atoms with Gasteiger partial charge in [0, 0.05) is 31.1 Å². The first kappa shape index (κ1) is 22.1. The summed E-state index contributed by atoms with van der Waals surface area (Å²) >= 11 is 0. The van der Waals surface area contributed by atoms with Crippen LogP contribution in [0, 0.1) is 13.8 Å². The molecule has 0 aliphatic heterocycles. The van der Waals surface area contributed by atoms with Crippen molar-refractivity contribution >= 4 is 17.5 Å². The van der Waals surface area contributed by atoms with Gasteiger partial charge in [-0.1, -0.05) is 36.4 Å². The molecule has 33 heavy (non-hydrogen) atoms. The molecule has 0 saturated heterocycles. The molecule has 3 aromatic heterocycles. The van der Waals surface area contributed by atoms with Crippen molar-refractivity contribution in [2.24, 2.45) is 5.73 Å². The molecule has 1 atom stereocenters. The summed E-state index contributed by atoms with van der Waals surface area (Å²) < 4.78 is 1.61. The van der Waals surface area contributed by atoms with Crippen molar-refractivity contribution in [3.8, 4) is 0 Å². The number of fused-ring (bicyclic) bond motifs is 1. The van der Waals surface area contributed by atoms with Crippen molar-refractivity contribution in [1.82, 2.24) is 24.5 Å². The van der Waals surface area contributed by atoms with Crippen LogP contribution in [0.2, 0.25) is 0 Å². The Balaban J connectivity index is 1.59. The van der Waals surface area contributed by atoms with Gasteiger partial charge in [0.15, 0.2) is 5.65 Å². The second-order valence-electron chi connectivity index (χ2n) is 7.99. The highest BCUT2D eigenvalue weighted by molar-refractivity contribution is 5.98. The molecule has 4 rings (SSSR count). The summed E-state index contributed by atoms with van der Waals surface area (Å²) in [4.78, 5) is 35.7. The van der Waals surface area contributed by atoms with Crippen LogP contribution in [0.25, 0.3) is 5.65 Å². The van der Waals surface area contributed by atoms with Gasteiger partial charge in [0.05, 0.1) is 17.9 Å². The zero-order valence-electron chi connectivity index (χ0n) is 18.9. The number of hydrogen-bond acceptors (Lipinski definition) is 5. The number of nitrogens with zero attached hydrogens (tertiary/aromatic N) is 5. The highest BCUT2D eigenvalue weighted by Gasteiger charge is 2.25. The predicted octanol–water partition coefficient (Wildman–Crippen LogP) is 3.02. The van der Waals surface area contributed by atoms with Gasteiger partial charge in [0.1, 0.15) is 5.56 Å². The number of carbonyl (C=O) groups is 2. The van der Waals surface area contributed by atoms with Gasteiger partial charge >= 0.3 is 0 Å². The topological polar surface area (TPSA) is 106 Å². The summed E-state index contributed by atoms with van der Waals surface area (Å²) in [7, 11) is 1.81. The summed E-state index contributed by atoms with van der Waals surface area (Å²) in [6.45, 7) is 3.78. The lowest BCUT2D eigenvalue weighted by Gasteiger charge is -2.28. The van der Waals surface area contributed by atoms with Crippen molar-refractivity contribution in [3.63, 3.8) is 0 Å². The summed E-state index contributed by atoms with van der Waals surface area (Å²) in [6, 6.07) is 15.3. The zero-order chi connectivity index (χ0) is 23.5. The first-order chi connectivity index (χ1) is 15.9. The lowest BCUT2D eigenvalue weighted by molar-refractivity contribution is -0.131. The number of rotatable bonds is 7. The van der Waals surface area contributed by atoms with Crippen LogP contribution in [0.15, 0.2) is 60.9 Å². The number of aryl methyl sites for hydroxylation is 2. The molecule has 2 amide bonds. The molecule has 0 bridgehead atoms. The first-order valence-corrected chi connectivity index (χ1v) is 10.7. The van der Waals surface area contributed by atoms with E-state index in [0.29, 0.717) is 18.5 Å². The maximum Gasteiger partial charge on any atom is 0.254 e. The minimum absolute atomic E-state index is 0.00769. The minimum atomic E-state index is -0.567. The Hall–Kier alpha value is -4.07. The third kappa shape index (κ3) is 4.32. The average Bonchev–Trinajstić information content (AvgIpc) is 3.24. The van der Waals surface area contributed by atoms with Crippen molar-refractivity contribution in [1.29, 1.82) is 0 Å². The number of amides is 2. The molecule has 168 valence electrons. The third-order valence-corrected chi connectivity index (χ3v) is 5.93. The molecule has 2 N–H and O–H groups in total. The third-order valence-electron chi connectivity index (χ3n) is 5.93. The minimum Gasteiger partial charge on any atom is -0.365 e. The van der Waals surface area contributed by atoms with Gasteiger partial charge in [0.2, 0.25) is 5.91 Å². The molecule has 1 unspecified atom stereocenters. The monoisotopic (exact) mass is 442 g/mol. The van der Waals surface area contributed by atoms with E-state index in [1.807, 2.05) is 69.4 Å². The van der Waals surface area contributed by atoms with Gasteiger partial charge in [-0.25, -0.2) is 9.50 Å². The van der Waals surface area contributed by atoms with Gasteiger partial charge in [-0.2, -0.15) is 5.10 Å². The van der Waals surface area contributed by atoms with E-state index < -0.39 is 5.91 Å². The fourth-order valence-corrected chi connectivity index (χ4v) is 4.16. The molecule has 0 spiro atoms. The maximum atomic E-state index is 13.3. The van der Waals surface area contributed by atoms with Crippen LogP contribution in [-0.2, 0) is 11.2 Å². The van der Waals surface area contributed by atoms with Crippen LogP contribution in [0.1, 0.15) is 51.0 Å². The van der Waals surface area contributed by atoms with E-state index in [9.17, 15) is 9.59 Å². The Labute approximate surface area is 192 Å². The van der Waals surface area contributed by atoms with Gasteiger partial charge in [-0.15, -0.1) is 0 Å². The van der Waals surface area contributed by atoms with Crippen molar-refractivity contribution in [2.75, 3.05) is 7.05 Å². The molecule has 3 heterocycles. The number of pyridine rings is 1. The number of aromatic nitrogens is 4. The highest BCUT2D eigenvalue weighted by Crippen LogP contribution is 2.27. The van der Waals surface area contributed by atoms with E-state index in [1.165, 1.54) is 6.20 Å². The maximum absolute atomic E-state index is 13.3. The summed E-state index contributed by atoms with van der Waals surface area (Å²) in [5, 5.41) is 4.26. The summed E-state index contributed by atoms with van der Waals surface area (Å²) in [5.41, 5.74) is 10.5. The van der Waals surface area contributed by atoms with Crippen molar-refractivity contribution in [3.05, 3.63) is 94.7 Å². The first-order valence-electron chi connectivity index (χ1n) is 10.7. The van der Waals surface area contributed by atoms with E-state index in [-0.39, 0.29) is 17.5 Å². The molecule has 1 aromatic carbocycles. The Morgan fingerprint density at radius 3 is 2.48 bits per heavy atom. The molecule has 0 radical (unpaired) electrons. The smallest absolute Gasteiger partial charge is 0.254 e. The van der Waals surface area contributed by atoms with Crippen LogP contribution in [0.4, 0.5) is 0 Å². The molecule has 0 fully saturated rings. The largest absolute Gasteiger partial charge is 0.365 e. The molecular formula is C25H26N6O2. The van der Waals surface area contributed by atoms with E-state index in [0.717, 1.165) is 28.2 Å². The van der Waals surface area contributed by atoms with E-state index in [4.69, 9.17) is 5.73 Å². The van der Waals surface area contributed by atoms with E-state index >= 15 is 0 Å². The molecule has 8 heteroatoms. The van der Waals surface area contributed by atoms with Crippen molar-refractivity contribution in [2.45, 2.75) is 32.7 Å². The Morgan fingerprint density at radius 1 is 1.09 bits per heavy atom. The quantitative estimate of drug-likeness (QED) is 0.473. The molecule has 0 aliphatic rings. The lowest BCUT2D eigenvalue weighted by atomic mass is 10.0. The Kier molecular flexibility index (Phi) is 6.17. The SMILES string of the molecule is Cc1nc2c(C(N)=O)cnn2c(C)c1CCC(=O)N(C)C(c1ccccc1)c1ccccn1. The highest BCUT2D eigenvalue weighted by atomic mass is 16.2. The number of hydrogen-bond donors (Lipinski definition) is 1. The molecule has 4 aromatic rings. The van der Waals surface area contributed by atoms with Gasteiger partial charge < -0.3 is 10.6 Å².